The molecule has 0 saturated carbocycles. The van der Waals surface area contributed by atoms with Crippen molar-refractivity contribution in [1.29, 1.82) is 0 Å². The van der Waals surface area contributed by atoms with E-state index in [1.165, 1.54) is 48.5 Å². The fraction of sp³-hybridized carbons (Fsp3) is 0.234. The highest BCUT2D eigenvalue weighted by Crippen LogP contribution is 2.32. The van der Waals surface area contributed by atoms with Gasteiger partial charge in [-0.2, -0.15) is 5.01 Å². The lowest BCUT2D eigenvalue weighted by atomic mass is 9.87. The van der Waals surface area contributed by atoms with E-state index in [2.05, 4.69) is 34.9 Å². The Morgan fingerprint density at radius 2 is 1.28 bits per heavy atom. The Labute approximate surface area is 374 Å². The highest BCUT2D eigenvalue weighted by atomic mass is 32.2. The average Bonchev–Trinajstić information content (AvgIpc) is 3.29. The minimum absolute atomic E-state index is 0.0326. The Kier molecular flexibility index (Phi) is 13.8. The number of hydrogen-bond donors (Lipinski definition) is 4. The van der Waals surface area contributed by atoms with Crippen molar-refractivity contribution < 1.29 is 26.4 Å². The van der Waals surface area contributed by atoms with E-state index >= 15 is 0 Å². The highest BCUT2D eigenvalue weighted by molar-refractivity contribution is 7.93. The second-order valence-electron chi connectivity index (χ2n) is 16.3. The molecule has 332 valence electrons. The molecule has 4 aromatic carbocycles. The number of sulfonamides is 2. The molecule has 17 heteroatoms. The predicted octanol–water partition coefficient (Wildman–Crippen LogP) is 8.73. The van der Waals surface area contributed by atoms with Crippen molar-refractivity contribution in [3.63, 3.8) is 0 Å². The first kappa shape index (κ1) is 45.1. The Bertz CT molecular complexity index is 2770. The van der Waals surface area contributed by atoms with E-state index < -0.39 is 32.1 Å². The number of hydrazine groups is 1. The third kappa shape index (κ3) is 11.3. The molecule has 1 saturated heterocycles. The number of nitrogens with one attached hydrogen (secondary N) is 4. The zero-order chi connectivity index (χ0) is 45.3. The van der Waals surface area contributed by atoms with Crippen LogP contribution in [0.1, 0.15) is 56.7 Å². The maximum absolute atomic E-state index is 14.5. The van der Waals surface area contributed by atoms with Gasteiger partial charge in [-0.15, -0.1) is 0 Å². The van der Waals surface area contributed by atoms with Gasteiger partial charge in [-0.1, -0.05) is 57.2 Å². The van der Waals surface area contributed by atoms with E-state index in [4.69, 9.17) is 0 Å². The molecule has 2 aromatic heterocycles. The maximum atomic E-state index is 14.5. The van der Waals surface area contributed by atoms with Crippen molar-refractivity contribution in [2.75, 3.05) is 37.8 Å². The first-order chi connectivity index (χ1) is 30.7. The standard InChI is InChI=1S/C47H51N9O6S2/c1-47(2,3)37-14-9-15-39(30-37)52-63(59,60)41-22-18-38(19-23-41)51-46(58)55(34-36-13-11-27-49-32-36)56(45(57)50-33-35-12-10-26-48-31-35)40-20-24-42(25-21-40)64(61,62)53-43-16-5-6-17-44(43)54-28-7-4-8-29-54/h5-6,9-27,30-32,52-53H,4,7-8,28-29,33-34H2,1-3H3,(H,50,57)(H,51,58). The van der Waals surface area contributed by atoms with Gasteiger partial charge in [0, 0.05) is 55.8 Å². The molecule has 4 N–H and O–H groups in total. The molecule has 0 bridgehead atoms. The molecule has 4 amide bonds. The SMILES string of the molecule is CC(C)(C)c1cccc(NS(=O)(=O)c2ccc(NC(=O)N(Cc3cccnc3)N(C(=O)NCc3cccnc3)c3ccc(S(=O)(=O)Nc4ccccc4N4CCCCC4)cc3)cc2)c1. The molecule has 7 rings (SSSR count). The van der Waals surface area contributed by atoms with Crippen LogP contribution in [0.5, 0.6) is 0 Å². The van der Waals surface area contributed by atoms with Gasteiger partial charge in [-0.05, 0) is 126 Å². The number of carbonyl (C=O) groups excluding carboxylic acids is 2. The van der Waals surface area contributed by atoms with Gasteiger partial charge in [0.2, 0.25) is 0 Å². The molecule has 0 unspecified atom stereocenters. The lowest BCUT2D eigenvalue weighted by Gasteiger charge is -2.35. The Morgan fingerprint density at radius 3 is 1.92 bits per heavy atom. The van der Waals surface area contributed by atoms with E-state index in [0.717, 1.165) is 53.6 Å². The normalized spacial score (nSPS) is 13.1. The fourth-order valence-electron chi connectivity index (χ4n) is 7.13. The van der Waals surface area contributed by atoms with Crippen LogP contribution in [0.3, 0.4) is 0 Å². The first-order valence-electron chi connectivity index (χ1n) is 20.8. The Hall–Kier alpha value is -6.98. The molecule has 64 heavy (non-hydrogen) atoms. The van der Waals surface area contributed by atoms with Gasteiger partial charge in [0.25, 0.3) is 20.0 Å². The van der Waals surface area contributed by atoms with Crippen molar-refractivity contribution in [2.24, 2.45) is 0 Å². The molecule has 0 spiro atoms. The van der Waals surface area contributed by atoms with E-state index in [1.54, 1.807) is 79.4 Å². The lowest BCUT2D eigenvalue weighted by molar-refractivity contribution is 0.194. The average molecular weight is 902 g/mol. The summed E-state index contributed by atoms with van der Waals surface area (Å²) in [6, 6.07) is 31.2. The van der Waals surface area contributed by atoms with Gasteiger partial charge < -0.3 is 15.5 Å². The zero-order valence-electron chi connectivity index (χ0n) is 35.8. The summed E-state index contributed by atoms with van der Waals surface area (Å²) < 4.78 is 60.0. The van der Waals surface area contributed by atoms with Crippen molar-refractivity contribution in [2.45, 2.75) is 68.3 Å². The second-order valence-corrected chi connectivity index (χ2v) is 19.7. The number of rotatable bonds is 13. The van der Waals surface area contributed by atoms with Crippen LogP contribution in [0.4, 0.5) is 38.0 Å². The molecule has 15 nitrogen and oxygen atoms in total. The zero-order valence-corrected chi connectivity index (χ0v) is 37.4. The number of para-hydroxylation sites is 2. The van der Waals surface area contributed by atoms with Crippen LogP contribution in [-0.4, -0.2) is 57.0 Å². The summed E-state index contributed by atoms with van der Waals surface area (Å²) in [5, 5.41) is 7.92. The van der Waals surface area contributed by atoms with E-state index in [-0.39, 0.29) is 39.7 Å². The maximum Gasteiger partial charge on any atom is 0.341 e. The number of urea groups is 2. The number of piperidine rings is 1. The fourth-order valence-corrected chi connectivity index (χ4v) is 9.25. The number of carbonyl (C=O) groups is 2. The van der Waals surface area contributed by atoms with Gasteiger partial charge in [-0.25, -0.2) is 31.4 Å². The van der Waals surface area contributed by atoms with Crippen LogP contribution < -0.4 is 30.0 Å². The lowest BCUT2D eigenvalue weighted by Crippen LogP contribution is -2.54. The molecule has 0 aliphatic carbocycles. The smallest absolute Gasteiger partial charge is 0.341 e. The number of benzene rings is 4. The third-order valence-corrected chi connectivity index (χ3v) is 13.3. The number of pyridine rings is 2. The minimum Gasteiger partial charge on any atom is -0.370 e. The van der Waals surface area contributed by atoms with E-state index in [0.29, 0.717) is 22.5 Å². The van der Waals surface area contributed by atoms with Crippen LogP contribution in [0.2, 0.25) is 0 Å². The van der Waals surface area contributed by atoms with Gasteiger partial charge in [-0.3, -0.25) is 19.4 Å². The largest absolute Gasteiger partial charge is 0.370 e. The summed E-state index contributed by atoms with van der Waals surface area (Å²) in [5.41, 5.74) is 4.11. The van der Waals surface area contributed by atoms with Crippen LogP contribution in [-0.2, 0) is 38.6 Å². The van der Waals surface area contributed by atoms with E-state index in [1.807, 2.05) is 39.0 Å². The molecular formula is C47H51N9O6S2. The highest BCUT2D eigenvalue weighted by Gasteiger charge is 2.30. The summed E-state index contributed by atoms with van der Waals surface area (Å²) in [7, 11) is -8.10. The molecular weight excluding hydrogens is 851 g/mol. The topological polar surface area (TPSA) is 186 Å². The molecule has 1 fully saturated rings. The number of nitrogens with zero attached hydrogens (tertiary/aromatic N) is 5. The van der Waals surface area contributed by atoms with Crippen molar-refractivity contribution in [3.05, 3.63) is 163 Å². The summed E-state index contributed by atoms with van der Waals surface area (Å²) in [5.74, 6) is 0. The molecule has 3 heterocycles. The number of anilines is 5. The molecule has 1 aliphatic rings. The Morgan fingerprint density at radius 1 is 0.656 bits per heavy atom. The summed E-state index contributed by atoms with van der Waals surface area (Å²) in [6.07, 6.45) is 9.51. The first-order valence-corrected chi connectivity index (χ1v) is 23.8. The van der Waals surface area contributed by atoms with Crippen molar-refractivity contribution >= 4 is 60.5 Å². The van der Waals surface area contributed by atoms with Gasteiger partial charge in [0.05, 0.1) is 33.4 Å². The van der Waals surface area contributed by atoms with E-state index in [9.17, 15) is 26.4 Å². The summed E-state index contributed by atoms with van der Waals surface area (Å²) in [6.45, 7) is 7.68. The van der Waals surface area contributed by atoms with Gasteiger partial charge in [0.15, 0.2) is 0 Å². The molecule has 0 atom stereocenters. The summed E-state index contributed by atoms with van der Waals surface area (Å²) >= 11 is 0. The van der Waals surface area contributed by atoms with Crippen LogP contribution >= 0.6 is 0 Å². The van der Waals surface area contributed by atoms with Crippen LogP contribution in [0.25, 0.3) is 0 Å². The number of hydrogen-bond acceptors (Lipinski definition) is 9. The molecule has 6 aromatic rings. The van der Waals surface area contributed by atoms with Crippen molar-refractivity contribution in [3.8, 4) is 0 Å². The Balaban J connectivity index is 1.17. The van der Waals surface area contributed by atoms with Crippen LogP contribution in [0.15, 0.2) is 156 Å². The van der Waals surface area contributed by atoms with Crippen molar-refractivity contribution in [1.82, 2.24) is 20.3 Å². The quantitative estimate of drug-likeness (QED) is 0.0823. The van der Waals surface area contributed by atoms with Gasteiger partial charge in [0.1, 0.15) is 0 Å². The minimum atomic E-state index is -4.10. The number of amides is 4. The number of aromatic nitrogens is 2. The monoisotopic (exact) mass is 901 g/mol. The summed E-state index contributed by atoms with van der Waals surface area (Å²) in [4.78, 5) is 39.2. The second kappa shape index (κ2) is 19.6. The third-order valence-electron chi connectivity index (χ3n) is 10.5. The predicted molar refractivity (Wildman–Crippen MR) is 250 cm³/mol. The van der Waals surface area contributed by atoms with Gasteiger partial charge >= 0.3 is 12.1 Å². The molecule has 1 aliphatic heterocycles. The molecule has 0 radical (unpaired) electrons. The van der Waals surface area contributed by atoms with Crippen LogP contribution in [0, 0.1) is 0 Å².